The summed E-state index contributed by atoms with van der Waals surface area (Å²) < 4.78 is 27.2. The Morgan fingerprint density at radius 3 is 2.27 bits per heavy atom. The van der Waals surface area contributed by atoms with Crippen LogP contribution in [0.1, 0.15) is 24.8 Å². The number of nitrogens with zero attached hydrogens (tertiary/aromatic N) is 4. The van der Waals surface area contributed by atoms with Crippen molar-refractivity contribution in [2.75, 3.05) is 50.7 Å². The molecular weight excluding hydrogens is 396 g/mol. The summed E-state index contributed by atoms with van der Waals surface area (Å²) in [6.07, 6.45) is 8.88. The zero-order chi connectivity index (χ0) is 20.8. The maximum absolute atomic E-state index is 12.8. The van der Waals surface area contributed by atoms with Crippen LogP contribution in [0.25, 0.3) is 6.08 Å². The first-order valence-electron chi connectivity index (χ1n) is 10.8. The van der Waals surface area contributed by atoms with Crippen LogP contribution < -0.4 is 4.90 Å². The maximum Gasteiger partial charge on any atom is 0.244 e. The van der Waals surface area contributed by atoms with Crippen molar-refractivity contribution in [2.24, 2.45) is 0 Å². The molecule has 2 aliphatic rings. The van der Waals surface area contributed by atoms with Gasteiger partial charge in [0.2, 0.25) is 10.0 Å². The largest absolute Gasteiger partial charge is 0.354 e. The number of rotatable bonds is 6. The maximum atomic E-state index is 12.8. The molecule has 2 aromatic rings. The first-order valence-corrected chi connectivity index (χ1v) is 12.2. The van der Waals surface area contributed by atoms with Crippen LogP contribution in [0.2, 0.25) is 0 Å². The second-order valence-electron chi connectivity index (χ2n) is 7.92. The van der Waals surface area contributed by atoms with Crippen molar-refractivity contribution in [1.82, 2.24) is 14.2 Å². The van der Waals surface area contributed by atoms with E-state index in [9.17, 15) is 8.42 Å². The van der Waals surface area contributed by atoms with Gasteiger partial charge in [-0.05, 0) is 30.5 Å². The van der Waals surface area contributed by atoms with Crippen molar-refractivity contribution in [3.05, 3.63) is 60.3 Å². The summed E-state index contributed by atoms with van der Waals surface area (Å²) in [4.78, 5) is 9.43. The third-order valence-corrected chi connectivity index (χ3v) is 7.73. The molecule has 0 bridgehead atoms. The van der Waals surface area contributed by atoms with Gasteiger partial charge in [0.1, 0.15) is 10.7 Å². The molecule has 160 valence electrons. The van der Waals surface area contributed by atoms with Gasteiger partial charge in [0, 0.05) is 52.0 Å². The summed E-state index contributed by atoms with van der Waals surface area (Å²) in [6.45, 7) is 5.89. The van der Waals surface area contributed by atoms with Crippen molar-refractivity contribution < 1.29 is 8.42 Å². The molecule has 0 spiro atoms. The topological polar surface area (TPSA) is 56.8 Å². The fourth-order valence-corrected chi connectivity index (χ4v) is 5.49. The second-order valence-corrected chi connectivity index (χ2v) is 9.86. The van der Waals surface area contributed by atoms with Crippen LogP contribution in [0.5, 0.6) is 0 Å². The highest BCUT2D eigenvalue weighted by molar-refractivity contribution is 7.89. The number of sulfonamides is 1. The number of benzene rings is 1. The lowest BCUT2D eigenvalue weighted by Crippen LogP contribution is -2.46. The average Bonchev–Trinajstić information content (AvgIpc) is 2.81. The first-order chi connectivity index (χ1) is 14.6. The highest BCUT2D eigenvalue weighted by Crippen LogP contribution is 2.22. The highest BCUT2D eigenvalue weighted by Gasteiger charge is 2.26. The van der Waals surface area contributed by atoms with Gasteiger partial charge >= 0.3 is 0 Å². The SMILES string of the molecule is O=S(=O)(c1ccc(N2CCN(C/C=C/c3ccccc3)CC2)nc1)N1CCCCC1. The van der Waals surface area contributed by atoms with Gasteiger partial charge in [-0.15, -0.1) is 0 Å². The number of piperidine rings is 1. The second kappa shape index (κ2) is 9.73. The highest BCUT2D eigenvalue weighted by atomic mass is 32.2. The minimum absolute atomic E-state index is 0.304. The van der Waals surface area contributed by atoms with E-state index in [1.54, 1.807) is 10.4 Å². The third-order valence-electron chi connectivity index (χ3n) is 5.84. The van der Waals surface area contributed by atoms with Crippen molar-refractivity contribution in [3.8, 4) is 0 Å². The van der Waals surface area contributed by atoms with Crippen molar-refractivity contribution >= 4 is 21.9 Å². The van der Waals surface area contributed by atoms with E-state index in [1.165, 1.54) is 11.8 Å². The molecule has 2 saturated heterocycles. The van der Waals surface area contributed by atoms with Crippen LogP contribution >= 0.6 is 0 Å². The molecule has 0 radical (unpaired) electrons. The van der Waals surface area contributed by atoms with Gasteiger partial charge in [0.05, 0.1) is 0 Å². The van der Waals surface area contributed by atoms with Gasteiger partial charge in [-0.1, -0.05) is 48.9 Å². The Morgan fingerprint density at radius 2 is 1.60 bits per heavy atom. The van der Waals surface area contributed by atoms with E-state index in [-0.39, 0.29) is 0 Å². The van der Waals surface area contributed by atoms with E-state index in [2.05, 4.69) is 51.2 Å². The lowest BCUT2D eigenvalue weighted by molar-refractivity contribution is 0.283. The third kappa shape index (κ3) is 5.09. The molecule has 7 heteroatoms. The molecule has 4 rings (SSSR count). The number of anilines is 1. The molecule has 2 fully saturated rings. The fraction of sp³-hybridized carbons (Fsp3) is 0.435. The van der Waals surface area contributed by atoms with Crippen molar-refractivity contribution in [3.63, 3.8) is 0 Å². The molecule has 1 aromatic carbocycles. The van der Waals surface area contributed by atoms with E-state index in [1.807, 2.05) is 12.1 Å². The van der Waals surface area contributed by atoms with Crippen LogP contribution in [0.4, 0.5) is 5.82 Å². The quantitative estimate of drug-likeness (QED) is 0.711. The summed E-state index contributed by atoms with van der Waals surface area (Å²) in [7, 11) is -3.42. The van der Waals surface area contributed by atoms with Crippen LogP contribution in [-0.2, 0) is 10.0 Å². The molecule has 3 heterocycles. The van der Waals surface area contributed by atoms with Crippen LogP contribution in [0.15, 0.2) is 59.6 Å². The Kier molecular flexibility index (Phi) is 6.82. The molecule has 0 saturated carbocycles. The summed E-state index contributed by atoms with van der Waals surface area (Å²) in [5.41, 5.74) is 1.22. The predicted octanol–water partition coefficient (Wildman–Crippen LogP) is 3.09. The number of pyridine rings is 1. The van der Waals surface area contributed by atoms with Gasteiger partial charge in [-0.2, -0.15) is 4.31 Å². The molecule has 0 N–H and O–H groups in total. The molecule has 6 nitrogen and oxygen atoms in total. The Bertz CT molecular complexity index is 931. The molecule has 30 heavy (non-hydrogen) atoms. The minimum Gasteiger partial charge on any atom is -0.354 e. The van der Waals surface area contributed by atoms with Crippen LogP contribution in [0, 0.1) is 0 Å². The standard InChI is InChI=1S/C23H30N4O2S/c28-30(29,27-14-5-2-6-15-27)22-11-12-23(24-20-22)26-18-16-25(17-19-26)13-7-10-21-8-3-1-4-9-21/h1,3-4,7-12,20H,2,5-6,13-19H2/b10-7+. The predicted molar refractivity (Wildman–Crippen MR) is 121 cm³/mol. The smallest absolute Gasteiger partial charge is 0.244 e. The van der Waals surface area contributed by atoms with Crippen molar-refractivity contribution in [2.45, 2.75) is 24.2 Å². The van der Waals surface area contributed by atoms with Crippen LogP contribution in [0.3, 0.4) is 0 Å². The van der Waals surface area contributed by atoms with E-state index >= 15 is 0 Å². The molecule has 1 aromatic heterocycles. The van der Waals surface area contributed by atoms with E-state index in [0.717, 1.165) is 57.8 Å². The van der Waals surface area contributed by atoms with E-state index in [4.69, 9.17) is 0 Å². The number of hydrogen-bond donors (Lipinski definition) is 0. The Hall–Kier alpha value is -2.22. The average molecular weight is 427 g/mol. The van der Waals surface area contributed by atoms with Gasteiger partial charge in [-0.25, -0.2) is 13.4 Å². The summed E-state index contributed by atoms with van der Waals surface area (Å²) in [6, 6.07) is 13.9. The zero-order valence-corrected chi connectivity index (χ0v) is 18.2. The molecule has 0 atom stereocenters. The number of aromatic nitrogens is 1. The monoisotopic (exact) mass is 426 g/mol. The Balaban J connectivity index is 1.30. The number of piperazine rings is 1. The summed E-state index contributed by atoms with van der Waals surface area (Å²) in [5, 5.41) is 0. The normalized spacial score (nSPS) is 19.4. The Labute approximate surface area is 179 Å². The van der Waals surface area contributed by atoms with Crippen LogP contribution in [-0.4, -0.2) is 68.4 Å². The summed E-state index contributed by atoms with van der Waals surface area (Å²) in [5.74, 6) is 0.854. The molecule has 0 unspecified atom stereocenters. The summed E-state index contributed by atoms with van der Waals surface area (Å²) >= 11 is 0. The fourth-order valence-electron chi connectivity index (χ4n) is 4.03. The molecule has 2 aliphatic heterocycles. The lowest BCUT2D eigenvalue weighted by Gasteiger charge is -2.35. The van der Waals surface area contributed by atoms with Gasteiger partial charge in [0.25, 0.3) is 0 Å². The minimum atomic E-state index is -3.42. The van der Waals surface area contributed by atoms with Crippen molar-refractivity contribution in [1.29, 1.82) is 0 Å². The van der Waals surface area contributed by atoms with Gasteiger partial charge < -0.3 is 4.90 Å². The van der Waals surface area contributed by atoms with Gasteiger partial charge in [-0.3, -0.25) is 4.90 Å². The zero-order valence-electron chi connectivity index (χ0n) is 17.4. The number of hydrogen-bond acceptors (Lipinski definition) is 5. The van der Waals surface area contributed by atoms with E-state index < -0.39 is 10.0 Å². The molecular formula is C23H30N4O2S. The first kappa shape index (κ1) is 21.0. The lowest BCUT2D eigenvalue weighted by atomic mass is 10.2. The Morgan fingerprint density at radius 1 is 0.867 bits per heavy atom. The molecule has 0 aliphatic carbocycles. The van der Waals surface area contributed by atoms with E-state index in [0.29, 0.717) is 18.0 Å². The van der Waals surface area contributed by atoms with Gasteiger partial charge in [0.15, 0.2) is 0 Å². The molecule has 0 amide bonds.